The Morgan fingerprint density at radius 1 is 0.923 bits per heavy atom. The molecule has 2 aliphatic rings. The lowest BCUT2D eigenvalue weighted by Gasteiger charge is -2.33. The number of anilines is 1. The third-order valence-electron chi connectivity index (χ3n) is 5.96. The van der Waals surface area contributed by atoms with Gasteiger partial charge in [0.2, 0.25) is 11.8 Å². The smallest absolute Gasteiger partial charge is 0.227 e. The van der Waals surface area contributed by atoms with Crippen LogP contribution >= 0.6 is 0 Å². The van der Waals surface area contributed by atoms with Crippen LogP contribution in [0.4, 0.5) is 5.69 Å². The normalized spacial score (nSPS) is 23.7. The molecule has 1 saturated heterocycles. The molecule has 0 aromatic heterocycles. The molecule has 3 rings (SSSR count). The number of carbonyl (C=O) groups is 2. The number of nitrogens with zero attached hydrogens (tertiary/aromatic N) is 1. The largest absolute Gasteiger partial charge is 0.342 e. The van der Waals surface area contributed by atoms with Crippen molar-refractivity contribution in [3.8, 4) is 0 Å². The molecule has 1 aromatic carbocycles. The molecular weight excluding hydrogens is 324 g/mol. The molecule has 0 atom stereocenters. The minimum atomic E-state index is 0.0326. The molecule has 1 N–H and O–H groups in total. The summed E-state index contributed by atoms with van der Waals surface area (Å²) in [6.45, 7) is 6.17. The van der Waals surface area contributed by atoms with Crippen molar-refractivity contribution in [2.24, 2.45) is 11.8 Å². The lowest BCUT2D eigenvalue weighted by Crippen LogP contribution is -2.41. The van der Waals surface area contributed by atoms with E-state index >= 15 is 0 Å². The van der Waals surface area contributed by atoms with Crippen molar-refractivity contribution >= 4 is 17.5 Å². The number of hydrogen-bond acceptors (Lipinski definition) is 2. The molecule has 0 unspecified atom stereocenters. The fourth-order valence-corrected chi connectivity index (χ4v) is 4.17. The lowest BCUT2D eigenvalue weighted by molar-refractivity contribution is -0.138. The summed E-state index contributed by atoms with van der Waals surface area (Å²) in [6.07, 6.45) is 6.85. The quantitative estimate of drug-likeness (QED) is 0.859. The molecule has 26 heavy (non-hydrogen) atoms. The minimum absolute atomic E-state index is 0.0326. The fourth-order valence-electron chi connectivity index (χ4n) is 4.17. The van der Waals surface area contributed by atoms with Crippen molar-refractivity contribution in [3.05, 3.63) is 29.8 Å². The maximum Gasteiger partial charge on any atom is 0.227 e. The van der Waals surface area contributed by atoms with Gasteiger partial charge in [0.1, 0.15) is 0 Å². The van der Waals surface area contributed by atoms with Crippen LogP contribution in [0.5, 0.6) is 0 Å². The van der Waals surface area contributed by atoms with Crippen molar-refractivity contribution in [1.29, 1.82) is 0 Å². The summed E-state index contributed by atoms with van der Waals surface area (Å²) >= 11 is 0. The molecule has 2 fully saturated rings. The first kappa shape index (κ1) is 18.9. The van der Waals surface area contributed by atoms with Gasteiger partial charge in [0.15, 0.2) is 0 Å². The Hall–Kier alpha value is -1.84. The molecule has 142 valence electrons. The number of likely N-dealkylation sites (tertiary alicyclic amines) is 1. The summed E-state index contributed by atoms with van der Waals surface area (Å²) in [5.74, 6) is 1.08. The topological polar surface area (TPSA) is 49.4 Å². The Kier molecular flexibility index (Phi) is 6.33. The molecule has 4 heteroatoms. The zero-order valence-electron chi connectivity index (χ0n) is 16.2. The summed E-state index contributed by atoms with van der Waals surface area (Å²) in [7, 11) is 0. The maximum atomic E-state index is 12.6. The van der Waals surface area contributed by atoms with Crippen LogP contribution in [-0.4, -0.2) is 29.8 Å². The third kappa shape index (κ3) is 4.66. The van der Waals surface area contributed by atoms with E-state index in [1.807, 2.05) is 17.0 Å². The van der Waals surface area contributed by atoms with E-state index in [9.17, 15) is 9.59 Å². The monoisotopic (exact) mass is 356 g/mol. The highest BCUT2D eigenvalue weighted by atomic mass is 16.2. The average Bonchev–Trinajstić information content (AvgIpc) is 2.68. The predicted molar refractivity (Wildman–Crippen MR) is 105 cm³/mol. The lowest BCUT2D eigenvalue weighted by atomic mass is 9.80. The van der Waals surface area contributed by atoms with Gasteiger partial charge in [0, 0.05) is 30.6 Å². The Morgan fingerprint density at radius 2 is 1.50 bits per heavy atom. The van der Waals surface area contributed by atoms with E-state index in [1.54, 1.807) is 0 Å². The highest BCUT2D eigenvalue weighted by Crippen LogP contribution is 2.31. The number of benzene rings is 1. The van der Waals surface area contributed by atoms with Gasteiger partial charge in [0.05, 0.1) is 0 Å². The second kappa shape index (κ2) is 8.70. The summed E-state index contributed by atoms with van der Waals surface area (Å²) in [5, 5.41) is 3.05. The molecule has 1 saturated carbocycles. The van der Waals surface area contributed by atoms with Crippen LogP contribution in [0.2, 0.25) is 0 Å². The van der Waals surface area contributed by atoms with Crippen molar-refractivity contribution in [3.63, 3.8) is 0 Å². The van der Waals surface area contributed by atoms with Crippen LogP contribution in [0, 0.1) is 11.8 Å². The van der Waals surface area contributed by atoms with Crippen molar-refractivity contribution in [2.75, 3.05) is 18.4 Å². The predicted octanol–water partition coefficient (Wildman–Crippen LogP) is 4.57. The molecule has 0 bridgehead atoms. The van der Waals surface area contributed by atoms with Crippen molar-refractivity contribution in [1.82, 2.24) is 4.90 Å². The molecular formula is C22H32N2O2. The summed E-state index contributed by atoms with van der Waals surface area (Å²) in [4.78, 5) is 27.2. The Morgan fingerprint density at radius 3 is 2.08 bits per heavy atom. The number of amides is 2. The second-order valence-electron chi connectivity index (χ2n) is 8.20. The Bertz CT molecular complexity index is 610. The fraction of sp³-hybridized carbons (Fsp3) is 0.636. The first-order chi connectivity index (χ1) is 12.5. The highest BCUT2D eigenvalue weighted by Gasteiger charge is 2.32. The molecule has 1 aliphatic carbocycles. The van der Waals surface area contributed by atoms with Gasteiger partial charge in [0.25, 0.3) is 0 Å². The van der Waals surface area contributed by atoms with Gasteiger partial charge in [-0.05, 0) is 68.6 Å². The van der Waals surface area contributed by atoms with Crippen LogP contribution in [0.15, 0.2) is 24.3 Å². The van der Waals surface area contributed by atoms with Gasteiger partial charge in [-0.1, -0.05) is 26.0 Å². The van der Waals surface area contributed by atoms with Crippen molar-refractivity contribution < 1.29 is 9.59 Å². The number of nitrogens with one attached hydrogen (secondary N) is 1. The van der Waals surface area contributed by atoms with Crippen LogP contribution in [0.25, 0.3) is 0 Å². The molecule has 2 amide bonds. The van der Waals surface area contributed by atoms with Crippen LogP contribution in [-0.2, 0) is 9.59 Å². The van der Waals surface area contributed by atoms with Gasteiger partial charge in [-0.25, -0.2) is 0 Å². The standard InChI is InChI=1S/C22H32N2O2/c1-16(2)17-10-12-20(13-11-17)23-21(25)18-6-8-19(9-7-18)22(26)24-14-4-3-5-15-24/h10-13,16,18-19H,3-9,14-15H2,1-2H3,(H,23,25). The molecule has 1 aromatic rings. The summed E-state index contributed by atoms with van der Waals surface area (Å²) < 4.78 is 0. The van der Waals surface area contributed by atoms with Gasteiger partial charge in [-0.15, -0.1) is 0 Å². The van der Waals surface area contributed by atoms with Gasteiger partial charge >= 0.3 is 0 Å². The number of carbonyl (C=O) groups excluding carboxylic acids is 2. The Labute approximate surface area is 157 Å². The molecule has 1 heterocycles. The van der Waals surface area contributed by atoms with E-state index in [-0.39, 0.29) is 17.7 Å². The van der Waals surface area contributed by atoms with E-state index in [4.69, 9.17) is 0 Å². The first-order valence-corrected chi connectivity index (χ1v) is 10.2. The molecule has 0 radical (unpaired) electrons. The highest BCUT2D eigenvalue weighted by molar-refractivity contribution is 5.92. The third-order valence-corrected chi connectivity index (χ3v) is 5.96. The Balaban J connectivity index is 1.48. The molecule has 4 nitrogen and oxygen atoms in total. The average molecular weight is 357 g/mol. The van der Waals surface area contributed by atoms with E-state index < -0.39 is 0 Å². The van der Waals surface area contributed by atoms with Gasteiger partial charge < -0.3 is 10.2 Å². The zero-order valence-corrected chi connectivity index (χ0v) is 16.2. The molecule has 1 aliphatic heterocycles. The number of hydrogen-bond donors (Lipinski definition) is 1. The SMILES string of the molecule is CC(C)c1ccc(NC(=O)C2CCC(C(=O)N3CCCCC3)CC2)cc1. The second-order valence-corrected chi connectivity index (χ2v) is 8.20. The van der Waals surface area contributed by atoms with E-state index in [2.05, 4.69) is 31.3 Å². The van der Waals surface area contributed by atoms with E-state index in [0.29, 0.717) is 11.8 Å². The molecule has 0 spiro atoms. The first-order valence-electron chi connectivity index (χ1n) is 10.2. The van der Waals surface area contributed by atoms with Crippen LogP contribution < -0.4 is 5.32 Å². The number of rotatable bonds is 4. The van der Waals surface area contributed by atoms with Crippen molar-refractivity contribution in [2.45, 2.75) is 64.7 Å². The van der Waals surface area contributed by atoms with Gasteiger partial charge in [-0.2, -0.15) is 0 Å². The number of piperidine rings is 1. The minimum Gasteiger partial charge on any atom is -0.342 e. The van der Waals surface area contributed by atoms with E-state index in [0.717, 1.165) is 57.3 Å². The maximum absolute atomic E-state index is 12.6. The van der Waals surface area contributed by atoms with Crippen LogP contribution in [0.1, 0.15) is 70.3 Å². The summed E-state index contributed by atoms with van der Waals surface area (Å²) in [6, 6.07) is 8.13. The van der Waals surface area contributed by atoms with Crippen LogP contribution in [0.3, 0.4) is 0 Å². The van der Waals surface area contributed by atoms with E-state index in [1.165, 1.54) is 12.0 Å². The summed E-state index contributed by atoms with van der Waals surface area (Å²) in [5.41, 5.74) is 2.14. The van der Waals surface area contributed by atoms with Gasteiger partial charge in [-0.3, -0.25) is 9.59 Å². The zero-order chi connectivity index (χ0) is 18.5.